The van der Waals surface area contributed by atoms with Gasteiger partial charge in [0, 0.05) is 22.9 Å². The van der Waals surface area contributed by atoms with Gasteiger partial charge in [-0.25, -0.2) is 0 Å². The second-order valence-electron chi connectivity index (χ2n) is 5.03. The van der Waals surface area contributed by atoms with Crippen LogP contribution in [0.25, 0.3) is 0 Å². The first-order chi connectivity index (χ1) is 10.4. The van der Waals surface area contributed by atoms with Crippen molar-refractivity contribution in [3.8, 4) is 0 Å². The fourth-order valence-electron chi connectivity index (χ4n) is 2.24. The van der Waals surface area contributed by atoms with Crippen molar-refractivity contribution >= 4 is 40.9 Å². The van der Waals surface area contributed by atoms with Crippen molar-refractivity contribution in [3.63, 3.8) is 0 Å². The van der Waals surface area contributed by atoms with E-state index in [1.807, 2.05) is 0 Å². The molecule has 0 radical (unpaired) electrons. The van der Waals surface area contributed by atoms with Crippen LogP contribution < -0.4 is 16.4 Å². The number of hydrogen-bond donors (Lipinski definition) is 3. The van der Waals surface area contributed by atoms with Gasteiger partial charge in [-0.2, -0.15) is 0 Å². The normalized spacial score (nSPS) is 18.6. The minimum absolute atomic E-state index is 0.0836. The third-order valence-electron chi connectivity index (χ3n) is 3.44. The number of nitrogens with one attached hydrogen (secondary N) is 2. The van der Waals surface area contributed by atoms with Crippen molar-refractivity contribution in [2.45, 2.75) is 31.3 Å². The SMILES string of the molecule is NC(=O)[C@@H](Cc1c(Cl)cccc1Cl)NC(=O)[C@H]1CCC(=O)N1. The molecule has 6 nitrogen and oxygen atoms in total. The van der Waals surface area contributed by atoms with E-state index in [1.165, 1.54) is 0 Å². The number of hydrogen-bond acceptors (Lipinski definition) is 3. The predicted octanol–water partition coefficient (Wildman–Crippen LogP) is 0.785. The van der Waals surface area contributed by atoms with Gasteiger partial charge in [0.1, 0.15) is 12.1 Å². The highest BCUT2D eigenvalue weighted by atomic mass is 35.5. The van der Waals surface area contributed by atoms with Crippen LogP contribution in [-0.2, 0) is 20.8 Å². The van der Waals surface area contributed by atoms with Crippen LogP contribution in [0.2, 0.25) is 10.0 Å². The predicted molar refractivity (Wildman–Crippen MR) is 82.5 cm³/mol. The fraction of sp³-hybridized carbons (Fsp3) is 0.357. The third-order valence-corrected chi connectivity index (χ3v) is 4.15. The molecule has 0 unspecified atom stereocenters. The van der Waals surface area contributed by atoms with Crippen molar-refractivity contribution in [3.05, 3.63) is 33.8 Å². The van der Waals surface area contributed by atoms with Gasteiger partial charge in [0.2, 0.25) is 17.7 Å². The monoisotopic (exact) mass is 343 g/mol. The Morgan fingerprint density at radius 2 is 2.00 bits per heavy atom. The summed E-state index contributed by atoms with van der Waals surface area (Å²) in [7, 11) is 0. The van der Waals surface area contributed by atoms with E-state index >= 15 is 0 Å². The Kier molecular flexibility index (Phi) is 5.26. The molecule has 0 bridgehead atoms. The molecule has 118 valence electrons. The lowest BCUT2D eigenvalue weighted by atomic mass is 10.0. The molecule has 3 amide bonds. The van der Waals surface area contributed by atoms with Gasteiger partial charge >= 0.3 is 0 Å². The van der Waals surface area contributed by atoms with Crippen molar-refractivity contribution < 1.29 is 14.4 Å². The minimum atomic E-state index is -0.956. The van der Waals surface area contributed by atoms with E-state index in [9.17, 15) is 14.4 Å². The maximum atomic E-state index is 12.1. The Morgan fingerprint density at radius 3 is 2.50 bits per heavy atom. The summed E-state index contributed by atoms with van der Waals surface area (Å²) in [5.41, 5.74) is 5.86. The number of halogens is 2. The first-order valence-electron chi connectivity index (χ1n) is 6.70. The van der Waals surface area contributed by atoms with Gasteiger partial charge in [-0.3, -0.25) is 14.4 Å². The Labute approximate surface area is 137 Å². The van der Waals surface area contributed by atoms with Crippen molar-refractivity contribution in [1.82, 2.24) is 10.6 Å². The highest BCUT2D eigenvalue weighted by Gasteiger charge is 2.30. The van der Waals surface area contributed by atoms with E-state index in [4.69, 9.17) is 28.9 Å². The molecule has 1 fully saturated rings. The number of rotatable bonds is 5. The molecule has 1 saturated heterocycles. The average molecular weight is 344 g/mol. The summed E-state index contributed by atoms with van der Waals surface area (Å²) < 4.78 is 0. The number of nitrogens with two attached hydrogens (primary N) is 1. The molecule has 8 heteroatoms. The summed E-state index contributed by atoms with van der Waals surface area (Å²) in [6.45, 7) is 0. The van der Waals surface area contributed by atoms with Gasteiger partial charge < -0.3 is 16.4 Å². The van der Waals surface area contributed by atoms with Gasteiger partial charge in [0.15, 0.2) is 0 Å². The van der Waals surface area contributed by atoms with Crippen LogP contribution in [0, 0.1) is 0 Å². The summed E-state index contributed by atoms with van der Waals surface area (Å²) in [4.78, 5) is 34.8. The Bertz CT molecular complexity index is 601. The van der Waals surface area contributed by atoms with E-state index in [1.54, 1.807) is 18.2 Å². The molecular weight excluding hydrogens is 329 g/mol. The Balaban J connectivity index is 2.09. The number of carbonyl (C=O) groups excluding carboxylic acids is 3. The first-order valence-corrected chi connectivity index (χ1v) is 7.46. The maximum Gasteiger partial charge on any atom is 0.243 e. The molecule has 1 aromatic rings. The first kappa shape index (κ1) is 16.6. The zero-order valence-corrected chi connectivity index (χ0v) is 13.1. The highest BCUT2D eigenvalue weighted by molar-refractivity contribution is 6.36. The molecule has 1 aliphatic heterocycles. The van der Waals surface area contributed by atoms with Crippen molar-refractivity contribution in [2.75, 3.05) is 0 Å². The molecule has 1 aromatic carbocycles. The van der Waals surface area contributed by atoms with Crippen LogP contribution in [0.4, 0.5) is 0 Å². The van der Waals surface area contributed by atoms with Crippen LogP contribution in [0.1, 0.15) is 18.4 Å². The second kappa shape index (κ2) is 6.98. The molecule has 0 saturated carbocycles. The molecule has 2 rings (SSSR count). The second-order valence-corrected chi connectivity index (χ2v) is 5.84. The lowest BCUT2D eigenvalue weighted by Crippen LogP contribution is -2.51. The number of primary amides is 1. The molecule has 0 aliphatic carbocycles. The summed E-state index contributed by atoms with van der Waals surface area (Å²) in [6, 6.07) is 3.36. The van der Waals surface area contributed by atoms with Gasteiger partial charge in [-0.15, -0.1) is 0 Å². The molecule has 1 heterocycles. The summed E-state index contributed by atoms with van der Waals surface area (Å²) in [6.07, 6.45) is 0.763. The number of benzene rings is 1. The highest BCUT2D eigenvalue weighted by Crippen LogP contribution is 2.25. The van der Waals surface area contributed by atoms with E-state index in [2.05, 4.69) is 10.6 Å². The molecule has 2 atom stereocenters. The van der Waals surface area contributed by atoms with E-state index in [0.29, 0.717) is 22.0 Å². The zero-order chi connectivity index (χ0) is 16.3. The molecule has 4 N–H and O–H groups in total. The van der Waals surface area contributed by atoms with Gasteiger partial charge in [-0.05, 0) is 24.1 Å². The lowest BCUT2D eigenvalue weighted by Gasteiger charge is -2.19. The zero-order valence-electron chi connectivity index (χ0n) is 11.6. The summed E-state index contributed by atoms with van der Waals surface area (Å²) in [5.74, 6) is -1.34. The fourth-order valence-corrected chi connectivity index (χ4v) is 2.79. The van der Waals surface area contributed by atoms with E-state index < -0.39 is 23.9 Å². The van der Waals surface area contributed by atoms with Crippen molar-refractivity contribution in [2.24, 2.45) is 5.73 Å². The van der Waals surface area contributed by atoms with Crippen LogP contribution in [-0.4, -0.2) is 29.8 Å². The van der Waals surface area contributed by atoms with Crippen molar-refractivity contribution in [1.29, 1.82) is 0 Å². The summed E-state index contributed by atoms with van der Waals surface area (Å²) in [5, 5.41) is 5.85. The number of amides is 3. The Morgan fingerprint density at radius 1 is 1.36 bits per heavy atom. The quantitative estimate of drug-likeness (QED) is 0.736. The van der Waals surface area contributed by atoms with Crippen LogP contribution in [0.5, 0.6) is 0 Å². The topological polar surface area (TPSA) is 101 Å². The van der Waals surface area contributed by atoms with E-state index in [-0.39, 0.29) is 18.7 Å². The molecule has 1 aliphatic rings. The van der Waals surface area contributed by atoms with Crippen LogP contribution in [0.15, 0.2) is 18.2 Å². The molecular formula is C14H15Cl2N3O3. The van der Waals surface area contributed by atoms with E-state index in [0.717, 1.165) is 0 Å². The van der Waals surface area contributed by atoms with Crippen LogP contribution in [0.3, 0.4) is 0 Å². The molecule has 22 heavy (non-hydrogen) atoms. The van der Waals surface area contributed by atoms with Gasteiger partial charge in [-0.1, -0.05) is 29.3 Å². The third kappa shape index (κ3) is 3.90. The molecule has 0 aromatic heterocycles. The lowest BCUT2D eigenvalue weighted by molar-refractivity contribution is -0.129. The maximum absolute atomic E-state index is 12.1. The van der Waals surface area contributed by atoms with Crippen LogP contribution >= 0.6 is 23.2 Å². The number of carbonyl (C=O) groups is 3. The largest absolute Gasteiger partial charge is 0.368 e. The standard InChI is InChI=1S/C14H15Cl2N3O3/c15-8-2-1-3-9(16)7(8)6-11(13(17)21)19-14(22)10-4-5-12(20)18-10/h1-3,10-11H,4-6H2,(H2,17,21)(H,18,20)(H,19,22)/t10-,11-/m1/s1. The average Bonchev–Trinajstić information content (AvgIpc) is 2.88. The minimum Gasteiger partial charge on any atom is -0.368 e. The Hall–Kier alpha value is -1.79. The smallest absolute Gasteiger partial charge is 0.243 e. The van der Waals surface area contributed by atoms with Gasteiger partial charge in [0.05, 0.1) is 0 Å². The molecule has 0 spiro atoms. The van der Waals surface area contributed by atoms with Gasteiger partial charge in [0.25, 0.3) is 0 Å². The summed E-state index contributed by atoms with van der Waals surface area (Å²) >= 11 is 12.1.